The largest absolute Gasteiger partial charge is 0.0622 e. The van der Waals surface area contributed by atoms with Crippen molar-refractivity contribution in [3.8, 4) is 77.9 Å². The first kappa shape index (κ1) is 30.7. The highest BCUT2D eigenvalue weighted by atomic mass is 14.3. The van der Waals surface area contributed by atoms with Gasteiger partial charge in [0.25, 0.3) is 0 Å². The summed E-state index contributed by atoms with van der Waals surface area (Å²) in [5.41, 5.74) is 18.3. The van der Waals surface area contributed by atoms with Crippen molar-refractivity contribution >= 4 is 64.6 Å². The van der Waals surface area contributed by atoms with Gasteiger partial charge in [0.1, 0.15) is 0 Å². The number of benzene rings is 12. The van der Waals surface area contributed by atoms with Crippen molar-refractivity contribution in [1.29, 1.82) is 0 Å². The van der Waals surface area contributed by atoms with Gasteiger partial charge in [0.2, 0.25) is 0 Å². The van der Waals surface area contributed by atoms with E-state index in [1.165, 1.54) is 143 Å². The van der Waals surface area contributed by atoms with Crippen LogP contribution in [0.4, 0.5) is 0 Å². The standard InChI is InChI=1S/C58H32/c1-3-11-33(12-4-1)52-49-32-40-29-38(41-27-28-46-43-18-8-7-17-42(43)45-20-10-19-44(41)55(45)46)24-23-37(40)30-48(49)53(34-13-5-2-6-14-34)58-50-31-39-16-9-15-35-21-22-36-25-26-47(57(52)58)56(50)54(36)51(35)39/h1-32H. The summed E-state index contributed by atoms with van der Waals surface area (Å²) in [6, 6.07) is 73.3. The lowest BCUT2D eigenvalue weighted by Gasteiger charge is -2.21. The molecular formula is C58H32. The molecule has 0 saturated heterocycles. The zero-order valence-corrected chi connectivity index (χ0v) is 31.5. The van der Waals surface area contributed by atoms with Crippen molar-refractivity contribution in [2.24, 2.45) is 0 Å². The van der Waals surface area contributed by atoms with Crippen molar-refractivity contribution < 1.29 is 0 Å². The van der Waals surface area contributed by atoms with Crippen molar-refractivity contribution in [3.63, 3.8) is 0 Å². The van der Waals surface area contributed by atoms with Crippen molar-refractivity contribution in [2.75, 3.05) is 0 Å². The lowest BCUT2D eigenvalue weighted by molar-refractivity contribution is 1.63. The third-order valence-corrected chi connectivity index (χ3v) is 13.4. The maximum atomic E-state index is 2.49. The Morgan fingerprint density at radius 2 is 0.741 bits per heavy atom. The number of hydrogen-bond donors (Lipinski definition) is 0. The molecule has 0 heteroatoms. The highest BCUT2D eigenvalue weighted by molar-refractivity contribution is 6.36. The van der Waals surface area contributed by atoms with Gasteiger partial charge in [0, 0.05) is 0 Å². The molecule has 0 saturated carbocycles. The van der Waals surface area contributed by atoms with E-state index in [1.807, 2.05) is 0 Å². The van der Waals surface area contributed by atoms with Crippen LogP contribution in [0.2, 0.25) is 0 Å². The van der Waals surface area contributed by atoms with Gasteiger partial charge in [-0.05, 0) is 167 Å². The topological polar surface area (TPSA) is 0 Å². The van der Waals surface area contributed by atoms with E-state index in [9.17, 15) is 0 Å². The zero-order chi connectivity index (χ0) is 37.6. The average Bonchev–Trinajstić information content (AvgIpc) is 3.79. The first-order valence-electron chi connectivity index (χ1n) is 20.3. The first-order chi connectivity index (χ1) is 28.8. The Labute approximate surface area is 335 Å². The monoisotopic (exact) mass is 728 g/mol. The predicted molar refractivity (Wildman–Crippen MR) is 248 cm³/mol. The van der Waals surface area contributed by atoms with Gasteiger partial charge >= 0.3 is 0 Å². The fraction of sp³-hybridized carbons (Fsp3) is 0. The van der Waals surface area contributed by atoms with Crippen LogP contribution in [-0.2, 0) is 0 Å². The molecule has 2 aliphatic carbocycles. The summed E-state index contributed by atoms with van der Waals surface area (Å²) in [5.74, 6) is 0. The van der Waals surface area contributed by atoms with Crippen LogP contribution in [0, 0.1) is 0 Å². The molecule has 58 heavy (non-hydrogen) atoms. The molecule has 0 fully saturated rings. The van der Waals surface area contributed by atoms with Crippen LogP contribution in [0.1, 0.15) is 0 Å². The minimum absolute atomic E-state index is 1.24. The predicted octanol–water partition coefficient (Wildman–Crippen LogP) is 16.3. The van der Waals surface area contributed by atoms with E-state index in [2.05, 4.69) is 194 Å². The molecule has 0 aromatic heterocycles. The molecule has 0 amide bonds. The Kier molecular flexibility index (Phi) is 5.85. The van der Waals surface area contributed by atoms with Gasteiger partial charge in [-0.25, -0.2) is 0 Å². The molecule has 12 aromatic rings. The van der Waals surface area contributed by atoms with Crippen LogP contribution >= 0.6 is 0 Å². The lowest BCUT2D eigenvalue weighted by Crippen LogP contribution is -1.94. The van der Waals surface area contributed by atoms with Gasteiger partial charge in [0.05, 0.1) is 0 Å². The van der Waals surface area contributed by atoms with Gasteiger partial charge < -0.3 is 0 Å². The molecule has 2 aliphatic rings. The summed E-state index contributed by atoms with van der Waals surface area (Å²) in [4.78, 5) is 0. The van der Waals surface area contributed by atoms with Crippen LogP contribution in [0.3, 0.4) is 0 Å². The quantitative estimate of drug-likeness (QED) is 0.126. The molecule has 14 rings (SSSR count). The molecular weight excluding hydrogens is 697 g/mol. The van der Waals surface area contributed by atoms with Crippen LogP contribution in [0.25, 0.3) is 143 Å². The summed E-state index contributed by atoms with van der Waals surface area (Å²) in [7, 11) is 0. The molecule has 0 heterocycles. The number of rotatable bonds is 3. The normalized spacial score (nSPS) is 12.5. The Morgan fingerprint density at radius 1 is 0.190 bits per heavy atom. The van der Waals surface area contributed by atoms with E-state index in [0.717, 1.165) is 0 Å². The van der Waals surface area contributed by atoms with E-state index < -0.39 is 0 Å². The minimum Gasteiger partial charge on any atom is -0.0622 e. The first-order valence-corrected chi connectivity index (χ1v) is 20.3. The van der Waals surface area contributed by atoms with E-state index in [0.29, 0.717) is 0 Å². The average molecular weight is 729 g/mol. The number of hydrogen-bond acceptors (Lipinski definition) is 0. The fourth-order valence-electron chi connectivity index (χ4n) is 11.1. The third-order valence-electron chi connectivity index (χ3n) is 13.4. The zero-order valence-electron chi connectivity index (χ0n) is 31.5. The second-order valence-electron chi connectivity index (χ2n) is 16.3. The maximum absolute atomic E-state index is 2.49. The van der Waals surface area contributed by atoms with Gasteiger partial charge in [-0.2, -0.15) is 0 Å². The lowest BCUT2D eigenvalue weighted by atomic mass is 9.81. The Balaban J connectivity index is 1.11. The Bertz CT molecular complexity index is 3730. The number of fused-ring (bicyclic) bond motifs is 8. The smallest absolute Gasteiger partial charge is 0.000719 e. The molecule has 12 aromatic carbocycles. The van der Waals surface area contributed by atoms with Gasteiger partial charge in [-0.1, -0.05) is 170 Å². The molecule has 0 bridgehead atoms. The minimum atomic E-state index is 1.24. The molecule has 0 aliphatic heterocycles. The Hall–Kier alpha value is -7.54. The van der Waals surface area contributed by atoms with Crippen LogP contribution in [0.15, 0.2) is 194 Å². The molecule has 0 unspecified atom stereocenters. The maximum Gasteiger partial charge on any atom is -0.000719 e. The van der Waals surface area contributed by atoms with Crippen LogP contribution in [-0.4, -0.2) is 0 Å². The van der Waals surface area contributed by atoms with E-state index >= 15 is 0 Å². The summed E-state index contributed by atoms with van der Waals surface area (Å²) in [6.45, 7) is 0. The summed E-state index contributed by atoms with van der Waals surface area (Å²) in [6.07, 6.45) is 0. The van der Waals surface area contributed by atoms with Crippen molar-refractivity contribution in [2.45, 2.75) is 0 Å². The molecule has 0 N–H and O–H groups in total. The molecule has 264 valence electrons. The van der Waals surface area contributed by atoms with Gasteiger partial charge in [0.15, 0.2) is 0 Å². The SMILES string of the molecule is c1ccc(-c2c3c(c(-c4ccccc4)c4cc5cc(-c6ccc7c8c(cccc68)-c6ccccc6-7)ccc5cc24)-c2ccc4ccc5cccc6cc-3c2c4c56)cc1. The molecule has 0 nitrogen and oxygen atoms in total. The second kappa shape index (κ2) is 11.1. The van der Waals surface area contributed by atoms with Crippen LogP contribution in [0.5, 0.6) is 0 Å². The third kappa shape index (κ3) is 3.89. The second-order valence-corrected chi connectivity index (χ2v) is 16.3. The van der Waals surface area contributed by atoms with Gasteiger partial charge in [-0.3, -0.25) is 0 Å². The highest BCUT2D eigenvalue weighted by Crippen LogP contribution is 2.60. The molecule has 0 atom stereocenters. The van der Waals surface area contributed by atoms with Crippen LogP contribution < -0.4 is 0 Å². The highest BCUT2D eigenvalue weighted by Gasteiger charge is 2.32. The van der Waals surface area contributed by atoms with E-state index in [-0.39, 0.29) is 0 Å². The van der Waals surface area contributed by atoms with Gasteiger partial charge in [-0.15, -0.1) is 0 Å². The summed E-state index contributed by atoms with van der Waals surface area (Å²) >= 11 is 0. The summed E-state index contributed by atoms with van der Waals surface area (Å²) in [5, 5.41) is 15.8. The molecule has 0 spiro atoms. The van der Waals surface area contributed by atoms with Crippen molar-refractivity contribution in [1.82, 2.24) is 0 Å². The Morgan fingerprint density at radius 3 is 1.50 bits per heavy atom. The summed E-state index contributed by atoms with van der Waals surface area (Å²) < 4.78 is 0. The van der Waals surface area contributed by atoms with E-state index in [4.69, 9.17) is 0 Å². The van der Waals surface area contributed by atoms with E-state index in [1.54, 1.807) is 0 Å². The fourth-order valence-corrected chi connectivity index (χ4v) is 11.1. The van der Waals surface area contributed by atoms with Crippen molar-refractivity contribution in [3.05, 3.63) is 194 Å². The molecule has 0 radical (unpaired) electrons.